The first kappa shape index (κ1) is 14.8. The van der Waals surface area contributed by atoms with Gasteiger partial charge in [0, 0.05) is 15.7 Å². The predicted octanol–water partition coefficient (Wildman–Crippen LogP) is 3.28. The normalized spacial score (nSPS) is 11.3. The van der Waals surface area contributed by atoms with Crippen LogP contribution in [0, 0.1) is 12.7 Å². The van der Waals surface area contributed by atoms with Gasteiger partial charge in [0.2, 0.25) is 0 Å². The molecular formula is C13H12BrFN2O2S. The molecule has 0 heterocycles. The van der Waals surface area contributed by atoms with E-state index in [1.807, 2.05) is 0 Å². The van der Waals surface area contributed by atoms with Gasteiger partial charge in [-0.2, -0.15) is 0 Å². The molecule has 0 radical (unpaired) electrons. The average Bonchev–Trinajstić information content (AvgIpc) is 2.36. The summed E-state index contributed by atoms with van der Waals surface area (Å²) in [5.41, 5.74) is 5.96. The molecule has 106 valence electrons. The van der Waals surface area contributed by atoms with Crippen LogP contribution in [0.2, 0.25) is 0 Å². The van der Waals surface area contributed by atoms with Crippen molar-refractivity contribution in [3.05, 3.63) is 52.3 Å². The van der Waals surface area contributed by atoms with Crippen molar-refractivity contribution >= 4 is 37.3 Å². The third-order valence-corrected chi connectivity index (χ3v) is 4.91. The van der Waals surface area contributed by atoms with Crippen LogP contribution in [0.1, 0.15) is 5.56 Å². The summed E-state index contributed by atoms with van der Waals surface area (Å²) in [6.07, 6.45) is 0. The van der Waals surface area contributed by atoms with Crippen LogP contribution >= 0.6 is 15.9 Å². The Bertz CT molecular complexity index is 763. The van der Waals surface area contributed by atoms with Crippen molar-refractivity contribution in [2.24, 2.45) is 0 Å². The van der Waals surface area contributed by atoms with Crippen molar-refractivity contribution < 1.29 is 12.8 Å². The van der Waals surface area contributed by atoms with Gasteiger partial charge in [-0.1, -0.05) is 12.1 Å². The molecule has 0 unspecified atom stereocenters. The Kier molecular flexibility index (Phi) is 4.01. The van der Waals surface area contributed by atoms with E-state index >= 15 is 0 Å². The maximum atomic E-state index is 13.6. The minimum Gasteiger partial charge on any atom is -0.399 e. The first-order valence-corrected chi connectivity index (χ1v) is 7.92. The molecule has 3 N–H and O–H groups in total. The largest absolute Gasteiger partial charge is 0.399 e. The van der Waals surface area contributed by atoms with Gasteiger partial charge in [-0.25, -0.2) is 12.8 Å². The smallest absolute Gasteiger partial charge is 0.262 e. The number of sulfonamides is 1. The molecule has 0 amide bonds. The molecule has 0 saturated carbocycles. The fourth-order valence-corrected chi connectivity index (χ4v) is 3.58. The van der Waals surface area contributed by atoms with Crippen LogP contribution in [-0.4, -0.2) is 8.42 Å². The highest BCUT2D eigenvalue weighted by Gasteiger charge is 2.20. The molecule has 0 aromatic heterocycles. The van der Waals surface area contributed by atoms with E-state index in [2.05, 4.69) is 20.7 Å². The third kappa shape index (κ3) is 2.94. The summed E-state index contributed by atoms with van der Waals surface area (Å²) in [7, 11) is -3.91. The summed E-state index contributed by atoms with van der Waals surface area (Å²) in [5, 5.41) is 0. The topological polar surface area (TPSA) is 72.2 Å². The van der Waals surface area contributed by atoms with Crippen LogP contribution in [0.4, 0.5) is 15.8 Å². The number of nitrogens with two attached hydrogens (primary N) is 1. The summed E-state index contributed by atoms with van der Waals surface area (Å²) in [5.74, 6) is -0.655. The van der Waals surface area contributed by atoms with Gasteiger partial charge < -0.3 is 5.73 Å². The number of benzene rings is 2. The molecule has 0 aliphatic carbocycles. The lowest BCUT2D eigenvalue weighted by Gasteiger charge is -2.12. The van der Waals surface area contributed by atoms with Crippen LogP contribution in [0.25, 0.3) is 0 Å². The number of nitrogen functional groups attached to an aromatic ring is 1. The van der Waals surface area contributed by atoms with Gasteiger partial charge in [-0.15, -0.1) is 0 Å². The highest BCUT2D eigenvalue weighted by molar-refractivity contribution is 9.10. The first-order valence-electron chi connectivity index (χ1n) is 5.64. The van der Waals surface area contributed by atoms with E-state index in [4.69, 9.17) is 5.73 Å². The number of rotatable bonds is 3. The second-order valence-corrected chi connectivity index (χ2v) is 6.72. The Morgan fingerprint density at radius 2 is 1.90 bits per heavy atom. The lowest BCUT2D eigenvalue weighted by atomic mass is 10.2. The number of hydrogen-bond acceptors (Lipinski definition) is 3. The van der Waals surface area contributed by atoms with E-state index in [0.29, 0.717) is 10.2 Å². The number of anilines is 2. The Morgan fingerprint density at radius 1 is 1.25 bits per heavy atom. The molecule has 20 heavy (non-hydrogen) atoms. The van der Waals surface area contributed by atoms with Crippen molar-refractivity contribution in [2.75, 3.05) is 10.5 Å². The molecule has 4 nitrogen and oxygen atoms in total. The number of hydrogen-bond donors (Lipinski definition) is 2. The van der Waals surface area contributed by atoms with E-state index in [-0.39, 0.29) is 16.1 Å². The van der Waals surface area contributed by atoms with Crippen molar-refractivity contribution in [3.63, 3.8) is 0 Å². The van der Waals surface area contributed by atoms with Crippen LogP contribution < -0.4 is 10.5 Å². The maximum Gasteiger partial charge on any atom is 0.262 e. The van der Waals surface area contributed by atoms with Gasteiger partial charge >= 0.3 is 0 Å². The van der Waals surface area contributed by atoms with E-state index in [0.717, 1.165) is 6.07 Å². The van der Waals surface area contributed by atoms with Gasteiger partial charge in [0.1, 0.15) is 5.82 Å². The quantitative estimate of drug-likeness (QED) is 0.827. The zero-order chi connectivity index (χ0) is 14.9. The minimum absolute atomic E-state index is 0.0266. The van der Waals surface area contributed by atoms with Crippen molar-refractivity contribution in [3.8, 4) is 0 Å². The monoisotopic (exact) mass is 358 g/mol. The first-order chi connectivity index (χ1) is 9.31. The zero-order valence-electron chi connectivity index (χ0n) is 10.5. The number of para-hydroxylation sites is 1. The van der Waals surface area contributed by atoms with E-state index in [1.54, 1.807) is 24.3 Å². The predicted molar refractivity (Wildman–Crippen MR) is 80.5 cm³/mol. The minimum atomic E-state index is -3.91. The standard InChI is InChI=1S/C13H12BrFN2O2S/c1-8-11(15)6-9(16)7-13(8)20(18,19)17-12-5-3-2-4-10(12)14/h2-7,17H,16H2,1H3. The van der Waals surface area contributed by atoms with Gasteiger partial charge in [0.05, 0.1) is 10.6 Å². The van der Waals surface area contributed by atoms with E-state index < -0.39 is 15.8 Å². The zero-order valence-corrected chi connectivity index (χ0v) is 12.9. The molecule has 0 aliphatic rings. The van der Waals surface area contributed by atoms with Gasteiger partial charge in [0.15, 0.2) is 0 Å². The van der Waals surface area contributed by atoms with Gasteiger partial charge in [0.25, 0.3) is 10.0 Å². The summed E-state index contributed by atoms with van der Waals surface area (Å²) >= 11 is 3.24. The van der Waals surface area contributed by atoms with E-state index in [1.165, 1.54) is 13.0 Å². The van der Waals surface area contributed by atoms with Crippen LogP contribution in [-0.2, 0) is 10.0 Å². The fourth-order valence-electron chi connectivity index (χ4n) is 1.70. The molecule has 2 aromatic rings. The van der Waals surface area contributed by atoms with Crippen molar-refractivity contribution in [1.29, 1.82) is 0 Å². The lowest BCUT2D eigenvalue weighted by Crippen LogP contribution is -2.15. The second kappa shape index (κ2) is 5.41. The molecule has 0 spiro atoms. The molecule has 2 aromatic carbocycles. The second-order valence-electron chi connectivity index (χ2n) is 4.21. The molecular weight excluding hydrogens is 347 g/mol. The maximum absolute atomic E-state index is 13.6. The molecule has 0 saturated heterocycles. The number of nitrogens with one attached hydrogen (secondary N) is 1. The van der Waals surface area contributed by atoms with Gasteiger partial charge in [-0.05, 0) is 47.1 Å². The Hall–Kier alpha value is -1.60. The molecule has 0 atom stereocenters. The molecule has 0 fully saturated rings. The molecule has 7 heteroatoms. The molecule has 2 rings (SSSR count). The highest BCUT2D eigenvalue weighted by atomic mass is 79.9. The summed E-state index contributed by atoms with van der Waals surface area (Å²) in [6, 6.07) is 9.07. The lowest BCUT2D eigenvalue weighted by molar-refractivity contribution is 0.591. The Morgan fingerprint density at radius 3 is 2.55 bits per heavy atom. The van der Waals surface area contributed by atoms with Gasteiger partial charge in [-0.3, -0.25) is 4.72 Å². The van der Waals surface area contributed by atoms with Crippen LogP contribution in [0.15, 0.2) is 45.8 Å². The highest BCUT2D eigenvalue weighted by Crippen LogP contribution is 2.27. The third-order valence-electron chi connectivity index (χ3n) is 2.73. The summed E-state index contributed by atoms with van der Waals surface area (Å²) in [4.78, 5) is -0.175. The molecule has 0 aliphatic heterocycles. The van der Waals surface area contributed by atoms with Crippen LogP contribution in [0.5, 0.6) is 0 Å². The Labute approximate surface area is 125 Å². The van der Waals surface area contributed by atoms with Crippen molar-refractivity contribution in [1.82, 2.24) is 0 Å². The SMILES string of the molecule is Cc1c(F)cc(N)cc1S(=O)(=O)Nc1ccccc1Br. The average molecular weight is 359 g/mol. The summed E-state index contributed by atoms with van der Waals surface area (Å²) < 4.78 is 41.2. The van der Waals surface area contributed by atoms with E-state index in [9.17, 15) is 12.8 Å². The fraction of sp³-hybridized carbons (Fsp3) is 0.0769. The van der Waals surface area contributed by atoms with Crippen LogP contribution in [0.3, 0.4) is 0 Å². The molecule has 0 bridgehead atoms. The number of halogens is 2. The summed E-state index contributed by atoms with van der Waals surface area (Å²) in [6.45, 7) is 1.39. The van der Waals surface area contributed by atoms with Crippen molar-refractivity contribution in [2.45, 2.75) is 11.8 Å². The Balaban J connectivity index is 2.49.